The smallest absolute Gasteiger partial charge is 0.132 e. The SMILES string of the molecule is COc1cc(OC)c(C(O)(CP(C(C)(C)C)C(C)(C)C)c2ccccc2)c(OC)c1. The van der Waals surface area contributed by atoms with Gasteiger partial charge in [0.15, 0.2) is 0 Å². The van der Waals surface area contributed by atoms with E-state index in [1.54, 1.807) is 21.3 Å². The van der Waals surface area contributed by atoms with Crippen molar-refractivity contribution in [3.8, 4) is 17.2 Å². The first kappa shape index (κ1) is 24.5. The van der Waals surface area contributed by atoms with Crippen molar-refractivity contribution in [2.45, 2.75) is 57.5 Å². The van der Waals surface area contributed by atoms with E-state index in [0.717, 1.165) is 5.56 Å². The Morgan fingerprint density at radius 2 is 1.23 bits per heavy atom. The van der Waals surface area contributed by atoms with Crippen LogP contribution in [-0.4, -0.2) is 42.9 Å². The highest BCUT2D eigenvalue weighted by atomic mass is 31.1. The summed E-state index contributed by atoms with van der Waals surface area (Å²) in [7, 11) is 4.21. The van der Waals surface area contributed by atoms with E-state index in [1.807, 2.05) is 42.5 Å². The van der Waals surface area contributed by atoms with Crippen LogP contribution in [0.2, 0.25) is 0 Å². The number of ether oxygens (including phenoxy) is 3. The third kappa shape index (κ3) is 5.10. The lowest BCUT2D eigenvalue weighted by Crippen LogP contribution is -2.38. The van der Waals surface area contributed by atoms with Crippen LogP contribution in [0.5, 0.6) is 17.2 Å². The summed E-state index contributed by atoms with van der Waals surface area (Å²) in [6.07, 6.45) is 0.582. The summed E-state index contributed by atoms with van der Waals surface area (Å²) in [5.74, 6) is 1.72. The standard InChI is InChI=1S/C25H37O4P/c1-23(2,3)30(24(4,5)6)17-25(26,18-13-11-10-12-14-18)22-20(28-8)15-19(27-7)16-21(22)29-9/h10-16,26H,17H2,1-9H3. The lowest BCUT2D eigenvalue weighted by atomic mass is 9.86. The topological polar surface area (TPSA) is 47.9 Å². The Labute approximate surface area is 183 Å². The van der Waals surface area contributed by atoms with Crippen LogP contribution in [0.25, 0.3) is 0 Å². The molecule has 0 bridgehead atoms. The van der Waals surface area contributed by atoms with Crippen LogP contribution in [0.4, 0.5) is 0 Å². The van der Waals surface area contributed by atoms with Crippen LogP contribution < -0.4 is 14.2 Å². The largest absolute Gasteiger partial charge is 0.496 e. The molecule has 0 fully saturated rings. The molecule has 0 saturated carbocycles. The van der Waals surface area contributed by atoms with Crippen molar-refractivity contribution in [1.82, 2.24) is 0 Å². The Balaban J connectivity index is 2.83. The van der Waals surface area contributed by atoms with Crippen LogP contribution in [0.15, 0.2) is 42.5 Å². The second-order valence-corrected chi connectivity index (χ2v) is 13.4. The van der Waals surface area contributed by atoms with Crippen molar-refractivity contribution in [2.24, 2.45) is 0 Å². The summed E-state index contributed by atoms with van der Waals surface area (Å²) in [5.41, 5.74) is 0.185. The fourth-order valence-electron chi connectivity index (χ4n) is 4.15. The number of aliphatic hydroxyl groups is 1. The molecule has 166 valence electrons. The molecule has 30 heavy (non-hydrogen) atoms. The summed E-state index contributed by atoms with van der Waals surface area (Å²) in [4.78, 5) is 0. The van der Waals surface area contributed by atoms with Crippen LogP contribution >= 0.6 is 7.92 Å². The zero-order chi connectivity index (χ0) is 22.7. The van der Waals surface area contributed by atoms with Crippen LogP contribution in [0.3, 0.4) is 0 Å². The van der Waals surface area contributed by atoms with Gasteiger partial charge < -0.3 is 19.3 Å². The van der Waals surface area contributed by atoms with Crippen molar-refractivity contribution in [2.75, 3.05) is 27.5 Å². The average molecular weight is 433 g/mol. The molecule has 0 spiro atoms. The van der Waals surface area contributed by atoms with E-state index < -0.39 is 13.5 Å². The van der Waals surface area contributed by atoms with Gasteiger partial charge in [-0.2, -0.15) is 0 Å². The number of methoxy groups -OCH3 is 3. The Morgan fingerprint density at radius 1 is 0.767 bits per heavy atom. The van der Waals surface area contributed by atoms with Gasteiger partial charge >= 0.3 is 0 Å². The minimum atomic E-state index is -1.28. The molecule has 0 aliphatic heterocycles. The maximum Gasteiger partial charge on any atom is 0.132 e. The Morgan fingerprint density at radius 3 is 1.60 bits per heavy atom. The quantitative estimate of drug-likeness (QED) is 0.543. The van der Waals surface area contributed by atoms with Crippen LogP contribution in [0.1, 0.15) is 52.7 Å². The van der Waals surface area contributed by atoms with E-state index in [-0.39, 0.29) is 10.3 Å². The fraction of sp³-hybridized carbons (Fsp3) is 0.520. The van der Waals surface area contributed by atoms with Crippen molar-refractivity contribution in [3.63, 3.8) is 0 Å². The number of hydrogen-bond acceptors (Lipinski definition) is 4. The molecule has 2 aromatic rings. The molecule has 1 atom stereocenters. The highest BCUT2D eigenvalue weighted by Gasteiger charge is 2.45. The molecule has 1 unspecified atom stereocenters. The van der Waals surface area contributed by atoms with E-state index in [1.165, 1.54) is 0 Å². The highest BCUT2D eigenvalue weighted by molar-refractivity contribution is 7.60. The molecule has 0 amide bonds. The molecule has 1 N–H and O–H groups in total. The molecule has 2 rings (SSSR count). The zero-order valence-corrected chi connectivity index (χ0v) is 20.8. The normalized spacial score (nSPS) is 14.4. The number of hydrogen-bond donors (Lipinski definition) is 1. The summed E-state index contributed by atoms with van der Waals surface area (Å²) in [5, 5.41) is 12.5. The molecule has 0 aromatic heterocycles. The molecule has 0 heterocycles. The predicted octanol–water partition coefficient (Wildman–Crippen LogP) is 6.03. The number of benzene rings is 2. The van der Waals surface area contributed by atoms with Gasteiger partial charge in [0.05, 0.1) is 26.9 Å². The monoisotopic (exact) mass is 432 g/mol. The van der Waals surface area contributed by atoms with Crippen molar-refractivity contribution in [3.05, 3.63) is 53.6 Å². The van der Waals surface area contributed by atoms with E-state index >= 15 is 0 Å². The zero-order valence-electron chi connectivity index (χ0n) is 19.9. The second kappa shape index (κ2) is 9.16. The highest BCUT2D eigenvalue weighted by Crippen LogP contribution is 2.63. The molecule has 4 nitrogen and oxygen atoms in total. The van der Waals surface area contributed by atoms with Gasteiger partial charge in [0, 0.05) is 18.3 Å². The first-order valence-corrected chi connectivity index (χ1v) is 11.8. The van der Waals surface area contributed by atoms with Crippen molar-refractivity contribution < 1.29 is 19.3 Å². The first-order chi connectivity index (χ1) is 13.9. The van der Waals surface area contributed by atoms with Gasteiger partial charge in [0.25, 0.3) is 0 Å². The van der Waals surface area contributed by atoms with E-state index in [9.17, 15) is 5.11 Å². The summed E-state index contributed by atoms with van der Waals surface area (Å²) >= 11 is 0. The van der Waals surface area contributed by atoms with Gasteiger partial charge in [-0.3, -0.25) is 0 Å². The minimum Gasteiger partial charge on any atom is -0.496 e. The third-order valence-electron chi connectivity index (χ3n) is 5.39. The maximum absolute atomic E-state index is 12.5. The Kier molecular flexibility index (Phi) is 7.48. The van der Waals surface area contributed by atoms with Crippen molar-refractivity contribution >= 4 is 7.92 Å². The Hall–Kier alpha value is -1.77. The Bertz CT molecular complexity index is 797. The van der Waals surface area contributed by atoms with Gasteiger partial charge in [-0.1, -0.05) is 79.8 Å². The molecular weight excluding hydrogens is 395 g/mol. The van der Waals surface area contributed by atoms with E-state index in [4.69, 9.17) is 14.2 Å². The molecule has 0 aliphatic carbocycles. The molecule has 5 heteroatoms. The average Bonchev–Trinajstić information content (AvgIpc) is 2.69. The van der Waals surface area contributed by atoms with Crippen molar-refractivity contribution in [1.29, 1.82) is 0 Å². The summed E-state index contributed by atoms with van der Waals surface area (Å²) < 4.78 is 16.9. The van der Waals surface area contributed by atoms with Crippen LogP contribution in [-0.2, 0) is 5.60 Å². The maximum atomic E-state index is 12.5. The van der Waals surface area contributed by atoms with E-state index in [0.29, 0.717) is 29.0 Å². The minimum absolute atomic E-state index is 0.0449. The van der Waals surface area contributed by atoms with E-state index in [2.05, 4.69) is 41.5 Å². The van der Waals surface area contributed by atoms with Crippen LogP contribution in [0, 0.1) is 0 Å². The van der Waals surface area contributed by atoms with Gasteiger partial charge in [0.1, 0.15) is 22.8 Å². The molecule has 0 saturated heterocycles. The molecular formula is C25H37O4P. The lowest BCUT2D eigenvalue weighted by Gasteiger charge is -2.46. The second-order valence-electron chi connectivity index (χ2n) is 9.56. The lowest BCUT2D eigenvalue weighted by molar-refractivity contribution is 0.0985. The summed E-state index contributed by atoms with van der Waals surface area (Å²) in [6, 6.07) is 13.4. The summed E-state index contributed by atoms with van der Waals surface area (Å²) in [6.45, 7) is 13.6. The molecule has 0 radical (unpaired) electrons. The molecule has 2 aromatic carbocycles. The number of rotatable bonds is 7. The van der Waals surface area contributed by atoms with Gasteiger partial charge in [-0.05, 0) is 15.9 Å². The van der Waals surface area contributed by atoms with Gasteiger partial charge in [-0.25, -0.2) is 0 Å². The van der Waals surface area contributed by atoms with Gasteiger partial charge in [0.2, 0.25) is 0 Å². The molecule has 0 aliphatic rings. The predicted molar refractivity (Wildman–Crippen MR) is 127 cm³/mol. The third-order valence-corrected chi connectivity index (χ3v) is 9.40. The van der Waals surface area contributed by atoms with Gasteiger partial charge in [-0.15, -0.1) is 0 Å². The fourth-order valence-corrected chi connectivity index (χ4v) is 7.91. The first-order valence-electron chi connectivity index (χ1n) is 10.2.